The largest absolute Gasteiger partial charge is 0.493 e. The molecule has 1 saturated carbocycles. The van der Waals surface area contributed by atoms with Crippen molar-refractivity contribution in [3.8, 4) is 11.5 Å². The minimum absolute atomic E-state index is 0.0573. The zero-order valence-electron chi connectivity index (χ0n) is 21.3. The van der Waals surface area contributed by atoms with Crippen molar-refractivity contribution in [2.75, 3.05) is 12.4 Å². The van der Waals surface area contributed by atoms with Gasteiger partial charge in [0.2, 0.25) is 5.95 Å². The molecule has 0 amide bonds. The van der Waals surface area contributed by atoms with Crippen molar-refractivity contribution in [2.24, 2.45) is 0 Å². The number of halogens is 1. The van der Waals surface area contributed by atoms with E-state index in [-0.39, 0.29) is 12.1 Å². The Morgan fingerprint density at radius 2 is 1.89 bits per heavy atom. The molecule has 1 atom stereocenters. The number of esters is 1. The highest BCUT2D eigenvalue weighted by atomic mass is 79.9. The molecule has 9 heteroatoms. The predicted molar refractivity (Wildman–Crippen MR) is 144 cm³/mol. The SMILES string of the molecule is COc1cc(C2C(C(=O)OC3CCCCC3)=C(C)Nc3ncnn32)cc(Br)c1OCc1ccc(C)cc1. The molecule has 194 valence electrons. The summed E-state index contributed by atoms with van der Waals surface area (Å²) in [4.78, 5) is 17.9. The van der Waals surface area contributed by atoms with Gasteiger partial charge in [-0.2, -0.15) is 10.1 Å². The predicted octanol–water partition coefficient (Wildman–Crippen LogP) is 6.10. The minimum atomic E-state index is -0.536. The van der Waals surface area contributed by atoms with Crippen LogP contribution in [0, 0.1) is 6.92 Å². The van der Waals surface area contributed by atoms with Crippen LogP contribution in [0.15, 0.2) is 58.5 Å². The van der Waals surface area contributed by atoms with Crippen LogP contribution in [0.4, 0.5) is 5.95 Å². The lowest BCUT2D eigenvalue weighted by molar-refractivity contribution is -0.146. The normalized spacial score (nSPS) is 17.7. The van der Waals surface area contributed by atoms with Crippen LogP contribution in [0.3, 0.4) is 0 Å². The van der Waals surface area contributed by atoms with Crippen molar-refractivity contribution in [3.63, 3.8) is 0 Å². The van der Waals surface area contributed by atoms with Crippen LogP contribution in [0.25, 0.3) is 0 Å². The number of ether oxygens (including phenoxy) is 3. The lowest BCUT2D eigenvalue weighted by Crippen LogP contribution is -2.32. The van der Waals surface area contributed by atoms with Gasteiger partial charge in [-0.05, 0) is 78.7 Å². The number of benzene rings is 2. The van der Waals surface area contributed by atoms with Gasteiger partial charge in [0, 0.05) is 5.70 Å². The summed E-state index contributed by atoms with van der Waals surface area (Å²) in [7, 11) is 1.60. The Kier molecular flexibility index (Phi) is 7.50. The maximum Gasteiger partial charge on any atom is 0.338 e. The van der Waals surface area contributed by atoms with E-state index in [9.17, 15) is 4.79 Å². The number of carbonyl (C=O) groups excluding carboxylic acids is 1. The summed E-state index contributed by atoms with van der Waals surface area (Å²) in [5, 5.41) is 7.64. The number of carbonyl (C=O) groups is 1. The Labute approximate surface area is 225 Å². The van der Waals surface area contributed by atoms with Crippen molar-refractivity contribution in [2.45, 2.75) is 64.7 Å². The van der Waals surface area contributed by atoms with Crippen LogP contribution in [0.1, 0.15) is 61.8 Å². The summed E-state index contributed by atoms with van der Waals surface area (Å²) in [6, 6.07) is 11.5. The first-order valence-electron chi connectivity index (χ1n) is 12.6. The topological polar surface area (TPSA) is 87.5 Å². The van der Waals surface area contributed by atoms with E-state index in [1.165, 1.54) is 18.3 Å². The fraction of sp³-hybridized carbons (Fsp3) is 0.393. The Morgan fingerprint density at radius 3 is 2.62 bits per heavy atom. The summed E-state index contributed by atoms with van der Waals surface area (Å²) < 4.78 is 20.3. The Balaban J connectivity index is 1.47. The highest BCUT2D eigenvalue weighted by Gasteiger charge is 2.36. The molecular weight excluding hydrogens is 536 g/mol. The van der Waals surface area contributed by atoms with Crippen molar-refractivity contribution >= 4 is 27.8 Å². The number of rotatable bonds is 7. The monoisotopic (exact) mass is 566 g/mol. The maximum atomic E-state index is 13.5. The third kappa shape index (κ3) is 5.37. The van der Waals surface area contributed by atoms with E-state index >= 15 is 0 Å². The molecule has 2 heterocycles. The second-order valence-electron chi connectivity index (χ2n) is 9.57. The first-order valence-corrected chi connectivity index (χ1v) is 13.4. The highest BCUT2D eigenvalue weighted by molar-refractivity contribution is 9.10. The summed E-state index contributed by atoms with van der Waals surface area (Å²) in [6.07, 6.45) is 6.57. The molecule has 0 radical (unpaired) electrons. The lowest BCUT2D eigenvalue weighted by atomic mass is 9.94. The van der Waals surface area contributed by atoms with Gasteiger partial charge in [-0.25, -0.2) is 9.48 Å². The van der Waals surface area contributed by atoms with Gasteiger partial charge < -0.3 is 19.5 Å². The summed E-state index contributed by atoms with van der Waals surface area (Å²) >= 11 is 3.67. The van der Waals surface area contributed by atoms with Crippen molar-refractivity contribution < 1.29 is 19.0 Å². The van der Waals surface area contributed by atoms with Gasteiger partial charge in [0.25, 0.3) is 0 Å². The third-order valence-corrected chi connectivity index (χ3v) is 7.50. The average Bonchev–Trinajstić information content (AvgIpc) is 3.36. The Morgan fingerprint density at radius 1 is 1.14 bits per heavy atom. The zero-order chi connectivity index (χ0) is 25.9. The van der Waals surface area contributed by atoms with Gasteiger partial charge in [-0.1, -0.05) is 36.2 Å². The first-order chi connectivity index (χ1) is 17.9. The quantitative estimate of drug-likeness (QED) is 0.345. The van der Waals surface area contributed by atoms with Gasteiger partial charge >= 0.3 is 5.97 Å². The molecule has 37 heavy (non-hydrogen) atoms. The van der Waals surface area contributed by atoms with E-state index in [1.807, 2.05) is 31.2 Å². The molecule has 8 nitrogen and oxygen atoms in total. The number of nitrogens with one attached hydrogen (secondary N) is 1. The molecule has 1 aliphatic carbocycles. The van der Waals surface area contributed by atoms with Crippen LogP contribution >= 0.6 is 15.9 Å². The molecule has 0 saturated heterocycles. The molecular formula is C28H31BrN4O4. The molecule has 2 aliphatic rings. The number of aryl methyl sites for hydroxylation is 1. The number of hydrogen-bond donors (Lipinski definition) is 1. The van der Waals surface area contributed by atoms with Gasteiger partial charge in [0.05, 0.1) is 17.2 Å². The first kappa shape index (κ1) is 25.3. The van der Waals surface area contributed by atoms with Crippen molar-refractivity contribution in [3.05, 3.63) is 75.2 Å². The molecule has 1 aliphatic heterocycles. The number of allylic oxidation sites excluding steroid dienone is 1. The molecule has 3 aromatic rings. The number of hydrogen-bond acceptors (Lipinski definition) is 7. The molecule has 0 spiro atoms. The summed E-state index contributed by atoms with van der Waals surface area (Å²) in [5.74, 6) is 1.37. The molecule has 1 fully saturated rings. The number of anilines is 1. The van der Waals surface area contributed by atoms with Gasteiger partial charge in [0.1, 0.15) is 25.1 Å². The van der Waals surface area contributed by atoms with Crippen LogP contribution in [0.5, 0.6) is 11.5 Å². The Bertz CT molecular complexity index is 1310. The smallest absolute Gasteiger partial charge is 0.338 e. The van der Waals surface area contributed by atoms with Crippen LogP contribution < -0.4 is 14.8 Å². The summed E-state index contributed by atoms with van der Waals surface area (Å²) in [6.45, 7) is 4.32. The highest BCUT2D eigenvalue weighted by Crippen LogP contribution is 2.43. The fourth-order valence-corrected chi connectivity index (χ4v) is 5.51. The Hall–Kier alpha value is -3.33. The number of aromatic nitrogens is 3. The summed E-state index contributed by atoms with van der Waals surface area (Å²) in [5.41, 5.74) is 4.25. The third-order valence-electron chi connectivity index (χ3n) is 6.91. The standard InChI is InChI=1S/C28H31BrN4O4/c1-17-9-11-19(12-10-17)15-36-26-22(29)13-20(14-23(26)35-3)25-24(18(2)32-28-30-16-31-33(25)28)27(34)37-21-7-5-4-6-8-21/h9-14,16,21,25H,4-8,15H2,1-3H3,(H,30,31,32). The van der Waals surface area contributed by atoms with Crippen molar-refractivity contribution in [1.82, 2.24) is 14.8 Å². The van der Waals surface area contributed by atoms with E-state index in [1.54, 1.807) is 11.8 Å². The second kappa shape index (κ2) is 11.0. The second-order valence-corrected chi connectivity index (χ2v) is 10.4. The molecule has 0 bridgehead atoms. The van der Waals surface area contributed by atoms with Crippen LogP contribution in [-0.4, -0.2) is 33.9 Å². The van der Waals surface area contributed by atoms with Crippen molar-refractivity contribution in [1.29, 1.82) is 0 Å². The fourth-order valence-electron chi connectivity index (χ4n) is 4.94. The van der Waals surface area contributed by atoms with E-state index in [0.29, 0.717) is 39.8 Å². The van der Waals surface area contributed by atoms with Crippen LogP contribution in [0.2, 0.25) is 0 Å². The number of methoxy groups -OCH3 is 1. The van der Waals surface area contributed by atoms with Gasteiger partial charge in [-0.15, -0.1) is 0 Å². The molecule has 5 rings (SSSR count). The van der Waals surface area contributed by atoms with E-state index in [0.717, 1.165) is 36.8 Å². The maximum absolute atomic E-state index is 13.5. The zero-order valence-corrected chi connectivity index (χ0v) is 22.9. The average molecular weight is 567 g/mol. The molecule has 1 aromatic heterocycles. The van der Waals surface area contributed by atoms with E-state index < -0.39 is 6.04 Å². The van der Waals surface area contributed by atoms with E-state index in [4.69, 9.17) is 14.2 Å². The minimum Gasteiger partial charge on any atom is -0.493 e. The van der Waals surface area contributed by atoms with Crippen LogP contribution in [-0.2, 0) is 16.1 Å². The molecule has 1 unspecified atom stereocenters. The lowest BCUT2D eigenvalue weighted by Gasteiger charge is -2.30. The molecule has 1 N–H and O–H groups in total. The molecule has 2 aromatic carbocycles. The number of fused-ring (bicyclic) bond motifs is 1. The van der Waals surface area contributed by atoms with Gasteiger partial charge in [-0.3, -0.25) is 0 Å². The number of nitrogens with zero attached hydrogens (tertiary/aromatic N) is 3. The van der Waals surface area contributed by atoms with Gasteiger partial charge in [0.15, 0.2) is 11.5 Å². The van der Waals surface area contributed by atoms with E-state index in [2.05, 4.69) is 50.4 Å².